The van der Waals surface area contributed by atoms with Gasteiger partial charge >= 0.3 is 0 Å². The van der Waals surface area contributed by atoms with Crippen LogP contribution in [-0.2, 0) is 26.0 Å². The Morgan fingerprint density at radius 3 is 2.03 bits per heavy atom. The van der Waals surface area contributed by atoms with Crippen LogP contribution in [-0.4, -0.2) is 50.3 Å². The van der Waals surface area contributed by atoms with Gasteiger partial charge in [0.25, 0.3) is 10.0 Å². The maximum absolute atomic E-state index is 13.9. The van der Waals surface area contributed by atoms with E-state index in [0.717, 1.165) is 28.4 Å². The van der Waals surface area contributed by atoms with Gasteiger partial charge in [0, 0.05) is 12.6 Å². The highest BCUT2D eigenvalue weighted by Crippen LogP contribution is 2.24. The molecule has 3 aromatic rings. The minimum Gasteiger partial charge on any atom is -0.352 e. The van der Waals surface area contributed by atoms with E-state index in [1.54, 1.807) is 30.3 Å². The molecule has 0 fully saturated rings. The molecule has 3 rings (SSSR count). The van der Waals surface area contributed by atoms with Crippen molar-refractivity contribution in [3.05, 3.63) is 96.3 Å². The van der Waals surface area contributed by atoms with E-state index in [4.69, 9.17) is 0 Å². The number of para-hydroxylation sites is 1. The highest BCUT2D eigenvalue weighted by molar-refractivity contribution is 7.92. The summed E-state index contributed by atoms with van der Waals surface area (Å²) in [5.41, 5.74) is 1.28. The molecule has 0 aromatic heterocycles. The molecule has 39 heavy (non-hydrogen) atoms. The van der Waals surface area contributed by atoms with Crippen molar-refractivity contribution >= 4 is 27.5 Å². The molecule has 2 atom stereocenters. The minimum absolute atomic E-state index is 0.0719. The van der Waals surface area contributed by atoms with Gasteiger partial charge in [0.05, 0.1) is 10.6 Å². The van der Waals surface area contributed by atoms with Crippen molar-refractivity contribution in [2.75, 3.05) is 17.4 Å². The van der Waals surface area contributed by atoms with Crippen LogP contribution in [0.15, 0.2) is 89.8 Å². The second-order valence-electron chi connectivity index (χ2n) is 9.37. The third-order valence-corrected chi connectivity index (χ3v) is 8.38. The van der Waals surface area contributed by atoms with Gasteiger partial charge in [0.1, 0.15) is 18.4 Å². The first kappa shape index (κ1) is 29.8. The van der Waals surface area contributed by atoms with Crippen LogP contribution >= 0.6 is 0 Å². The van der Waals surface area contributed by atoms with E-state index in [0.29, 0.717) is 12.8 Å². The lowest BCUT2D eigenvalue weighted by atomic mass is 10.1. The number of carbonyl (C=O) groups excluding carboxylic acids is 2. The number of amides is 2. The van der Waals surface area contributed by atoms with Crippen LogP contribution in [0.1, 0.15) is 39.2 Å². The molecule has 0 unspecified atom stereocenters. The average Bonchev–Trinajstić information content (AvgIpc) is 2.94. The molecular weight excluding hydrogens is 517 g/mol. The number of halogens is 1. The van der Waals surface area contributed by atoms with Crippen molar-refractivity contribution in [2.24, 2.45) is 0 Å². The fraction of sp³-hybridized carbons (Fsp3) is 0.333. The summed E-state index contributed by atoms with van der Waals surface area (Å²) in [5.74, 6) is -1.35. The van der Waals surface area contributed by atoms with Crippen LogP contribution in [0.2, 0.25) is 0 Å². The van der Waals surface area contributed by atoms with Gasteiger partial charge in [-0.3, -0.25) is 13.9 Å². The van der Waals surface area contributed by atoms with Crippen molar-refractivity contribution in [2.45, 2.75) is 57.0 Å². The summed E-state index contributed by atoms with van der Waals surface area (Å²) in [5, 5.41) is 2.96. The van der Waals surface area contributed by atoms with Gasteiger partial charge in [-0.05, 0) is 68.1 Å². The number of hydrogen-bond donors (Lipinski definition) is 1. The van der Waals surface area contributed by atoms with Crippen molar-refractivity contribution in [3.63, 3.8) is 0 Å². The molecule has 0 saturated carbocycles. The van der Waals surface area contributed by atoms with Gasteiger partial charge in [0.15, 0.2) is 0 Å². The number of rotatable bonds is 13. The summed E-state index contributed by atoms with van der Waals surface area (Å²) in [7, 11) is -4.22. The Labute approximate surface area is 230 Å². The molecule has 2 amide bonds. The zero-order chi connectivity index (χ0) is 28.4. The van der Waals surface area contributed by atoms with Crippen LogP contribution in [0.25, 0.3) is 0 Å². The Kier molecular flexibility index (Phi) is 10.6. The number of hydrogen-bond acceptors (Lipinski definition) is 4. The van der Waals surface area contributed by atoms with Crippen LogP contribution in [0, 0.1) is 5.82 Å². The van der Waals surface area contributed by atoms with Gasteiger partial charge in [0.2, 0.25) is 11.8 Å². The van der Waals surface area contributed by atoms with Crippen molar-refractivity contribution < 1.29 is 22.4 Å². The molecule has 0 spiro atoms. The lowest BCUT2D eigenvalue weighted by Crippen LogP contribution is -2.54. The molecule has 0 radical (unpaired) electrons. The van der Waals surface area contributed by atoms with Crippen LogP contribution in [0.3, 0.4) is 0 Å². The van der Waals surface area contributed by atoms with Crippen LogP contribution in [0.4, 0.5) is 10.1 Å². The second kappa shape index (κ2) is 13.9. The standard InChI is InChI=1S/C30H36FN3O4S/c1-4-23(3)32-30(36)28(5-2)33(21-20-24-12-8-6-9-13-24)29(35)22-34(26-14-10-7-11-15-26)39(37,38)27-18-16-25(31)17-19-27/h6-19,23,28H,4-5,20-22H2,1-3H3,(H,32,36)/t23-,28+/m1/s1. The number of carbonyl (C=O) groups is 2. The number of benzene rings is 3. The van der Waals surface area contributed by atoms with Crippen molar-refractivity contribution in [1.29, 1.82) is 0 Å². The molecule has 0 aliphatic carbocycles. The Hall–Kier alpha value is -3.72. The smallest absolute Gasteiger partial charge is 0.264 e. The van der Waals surface area contributed by atoms with Crippen LogP contribution in [0.5, 0.6) is 0 Å². The Bertz CT molecular complexity index is 1320. The summed E-state index contributed by atoms with van der Waals surface area (Å²) in [4.78, 5) is 28.5. The fourth-order valence-corrected chi connectivity index (χ4v) is 5.61. The number of nitrogens with one attached hydrogen (secondary N) is 1. The molecular formula is C30H36FN3O4S. The summed E-state index contributed by atoms with van der Waals surface area (Å²) in [6.07, 6.45) is 1.59. The van der Waals surface area contributed by atoms with Gasteiger partial charge in [-0.15, -0.1) is 0 Å². The Morgan fingerprint density at radius 1 is 0.872 bits per heavy atom. The van der Waals surface area contributed by atoms with E-state index < -0.39 is 34.3 Å². The first-order valence-corrected chi connectivity index (χ1v) is 14.6. The zero-order valence-corrected chi connectivity index (χ0v) is 23.4. The predicted octanol–water partition coefficient (Wildman–Crippen LogP) is 4.79. The van der Waals surface area contributed by atoms with E-state index in [2.05, 4.69) is 5.32 Å². The number of nitrogens with zero attached hydrogens (tertiary/aromatic N) is 2. The van der Waals surface area contributed by atoms with Gasteiger partial charge in [-0.1, -0.05) is 62.4 Å². The third-order valence-electron chi connectivity index (χ3n) is 6.60. The van der Waals surface area contributed by atoms with Gasteiger partial charge in [-0.25, -0.2) is 12.8 Å². The first-order valence-electron chi connectivity index (χ1n) is 13.1. The topological polar surface area (TPSA) is 86.8 Å². The van der Waals surface area contributed by atoms with Gasteiger partial charge < -0.3 is 10.2 Å². The maximum atomic E-state index is 13.9. The van der Waals surface area contributed by atoms with E-state index in [1.807, 2.05) is 51.1 Å². The summed E-state index contributed by atoms with van der Waals surface area (Å²) < 4.78 is 41.9. The molecule has 3 aromatic carbocycles. The SMILES string of the molecule is CC[C@@H](C)NC(=O)[C@H](CC)N(CCc1ccccc1)C(=O)CN(c1ccccc1)S(=O)(=O)c1ccc(F)cc1. The Morgan fingerprint density at radius 2 is 1.46 bits per heavy atom. The largest absolute Gasteiger partial charge is 0.352 e. The predicted molar refractivity (Wildman–Crippen MR) is 151 cm³/mol. The lowest BCUT2D eigenvalue weighted by molar-refractivity contribution is -0.139. The quantitative estimate of drug-likeness (QED) is 0.330. The molecule has 0 saturated heterocycles. The minimum atomic E-state index is -4.22. The van der Waals surface area contributed by atoms with Gasteiger partial charge in [-0.2, -0.15) is 0 Å². The molecule has 7 nitrogen and oxygen atoms in total. The summed E-state index contributed by atoms with van der Waals surface area (Å²) in [6.45, 7) is 5.39. The normalized spacial score (nSPS) is 12.8. The van der Waals surface area contributed by atoms with E-state index >= 15 is 0 Å². The fourth-order valence-electron chi connectivity index (χ4n) is 4.19. The van der Waals surface area contributed by atoms with Crippen molar-refractivity contribution in [1.82, 2.24) is 10.2 Å². The number of sulfonamides is 1. The van der Waals surface area contributed by atoms with E-state index in [9.17, 15) is 22.4 Å². The zero-order valence-electron chi connectivity index (χ0n) is 22.6. The molecule has 0 bridgehead atoms. The molecule has 1 N–H and O–H groups in total. The third kappa shape index (κ3) is 7.89. The van der Waals surface area contributed by atoms with Crippen molar-refractivity contribution in [3.8, 4) is 0 Å². The molecule has 9 heteroatoms. The van der Waals surface area contributed by atoms with Crippen LogP contribution < -0.4 is 9.62 Å². The van der Waals surface area contributed by atoms with E-state index in [1.165, 1.54) is 17.0 Å². The highest BCUT2D eigenvalue weighted by atomic mass is 32.2. The Balaban J connectivity index is 1.98. The first-order chi connectivity index (χ1) is 18.7. The van der Waals surface area contributed by atoms with E-state index in [-0.39, 0.29) is 29.1 Å². The second-order valence-corrected chi connectivity index (χ2v) is 11.2. The summed E-state index contributed by atoms with van der Waals surface area (Å²) in [6, 6.07) is 21.5. The molecule has 0 aliphatic heterocycles. The molecule has 0 heterocycles. The molecule has 0 aliphatic rings. The number of anilines is 1. The summed E-state index contributed by atoms with van der Waals surface area (Å²) >= 11 is 0. The lowest BCUT2D eigenvalue weighted by Gasteiger charge is -2.33. The maximum Gasteiger partial charge on any atom is 0.264 e. The monoisotopic (exact) mass is 553 g/mol. The molecule has 208 valence electrons. The average molecular weight is 554 g/mol. The highest BCUT2D eigenvalue weighted by Gasteiger charge is 2.33.